The van der Waals surface area contributed by atoms with Crippen LogP contribution in [0.15, 0.2) is 30.3 Å². The first-order chi connectivity index (χ1) is 10.3. The first-order valence-corrected chi connectivity index (χ1v) is 8.80. The lowest BCUT2D eigenvalue weighted by Gasteiger charge is -2.17. The molecule has 21 heavy (non-hydrogen) atoms. The maximum Gasteiger partial charge on any atom is 0.00507 e. The van der Waals surface area contributed by atoms with Gasteiger partial charge in [0.1, 0.15) is 0 Å². The number of rotatable bonds is 9. The van der Waals surface area contributed by atoms with Gasteiger partial charge in [-0.1, -0.05) is 43.7 Å². The van der Waals surface area contributed by atoms with Gasteiger partial charge in [-0.15, -0.1) is 0 Å². The third-order valence-electron chi connectivity index (χ3n) is 4.65. The van der Waals surface area contributed by atoms with Crippen LogP contribution in [0.3, 0.4) is 0 Å². The Kier molecular flexibility index (Phi) is 7.25. The highest BCUT2D eigenvalue weighted by molar-refractivity contribution is 5.20. The number of hydrogen-bond donors (Lipinski definition) is 1. The molecule has 1 heterocycles. The minimum absolute atomic E-state index is 0.681. The van der Waals surface area contributed by atoms with Crippen LogP contribution in [0.5, 0.6) is 0 Å². The number of benzene rings is 1. The van der Waals surface area contributed by atoms with E-state index in [9.17, 15) is 0 Å². The van der Waals surface area contributed by atoms with E-state index in [1.165, 1.54) is 57.3 Å². The summed E-state index contributed by atoms with van der Waals surface area (Å²) in [4.78, 5) is 2.65. The molecule has 1 aromatic carbocycles. The lowest BCUT2D eigenvalue weighted by molar-refractivity contribution is 0.320. The first kappa shape index (κ1) is 16.5. The molecule has 0 radical (unpaired) electrons. The summed E-state index contributed by atoms with van der Waals surface area (Å²) in [6, 6.07) is 11.7. The van der Waals surface area contributed by atoms with Crippen molar-refractivity contribution in [2.45, 2.75) is 57.9 Å². The van der Waals surface area contributed by atoms with Crippen molar-refractivity contribution in [2.24, 2.45) is 0 Å². The molecule has 0 saturated carbocycles. The van der Waals surface area contributed by atoms with Crippen molar-refractivity contribution in [1.29, 1.82) is 0 Å². The summed E-state index contributed by atoms with van der Waals surface area (Å²) in [6.45, 7) is 9.53. The number of hydrogen-bond acceptors (Lipinski definition) is 2. The van der Waals surface area contributed by atoms with Crippen LogP contribution >= 0.6 is 0 Å². The van der Waals surface area contributed by atoms with E-state index in [4.69, 9.17) is 0 Å². The maximum atomic E-state index is 3.58. The van der Waals surface area contributed by atoms with Crippen LogP contribution in [0.1, 0.15) is 57.4 Å². The fraction of sp³-hybridized carbons (Fsp3) is 0.684. The van der Waals surface area contributed by atoms with Crippen molar-refractivity contribution in [1.82, 2.24) is 10.2 Å². The second-order valence-electron chi connectivity index (χ2n) is 6.55. The molecule has 1 saturated heterocycles. The van der Waals surface area contributed by atoms with Gasteiger partial charge in [-0.3, -0.25) is 0 Å². The lowest BCUT2D eigenvalue weighted by atomic mass is 9.99. The lowest BCUT2D eigenvalue weighted by Crippen LogP contribution is -2.27. The highest BCUT2D eigenvalue weighted by Gasteiger charge is 2.22. The van der Waals surface area contributed by atoms with E-state index in [1.54, 1.807) is 0 Å². The second kappa shape index (κ2) is 9.22. The molecule has 2 heteroatoms. The van der Waals surface area contributed by atoms with Crippen molar-refractivity contribution in [3.8, 4) is 0 Å². The summed E-state index contributed by atoms with van der Waals surface area (Å²) in [5.74, 6) is 0.761. The van der Waals surface area contributed by atoms with Gasteiger partial charge in [0.15, 0.2) is 0 Å². The van der Waals surface area contributed by atoms with Gasteiger partial charge in [0.2, 0.25) is 0 Å². The van der Waals surface area contributed by atoms with E-state index in [2.05, 4.69) is 54.4 Å². The van der Waals surface area contributed by atoms with Crippen LogP contribution in [-0.4, -0.2) is 37.1 Å². The SMILES string of the molecule is CCCNC(C)CCCCN1CCC(c2ccccc2)C1. The normalized spacial score (nSPS) is 20.8. The smallest absolute Gasteiger partial charge is 0.00507 e. The Morgan fingerprint density at radius 3 is 2.81 bits per heavy atom. The minimum atomic E-state index is 0.681. The van der Waals surface area contributed by atoms with Crippen molar-refractivity contribution in [3.63, 3.8) is 0 Å². The van der Waals surface area contributed by atoms with Crippen molar-refractivity contribution in [3.05, 3.63) is 35.9 Å². The van der Waals surface area contributed by atoms with E-state index < -0.39 is 0 Å². The number of nitrogens with zero attached hydrogens (tertiary/aromatic N) is 1. The molecule has 1 aromatic rings. The molecule has 2 nitrogen and oxygen atoms in total. The average Bonchev–Trinajstić information content (AvgIpc) is 2.99. The summed E-state index contributed by atoms with van der Waals surface area (Å²) in [5.41, 5.74) is 1.53. The average molecular weight is 288 g/mol. The molecule has 0 spiro atoms. The molecule has 0 aromatic heterocycles. The van der Waals surface area contributed by atoms with E-state index in [0.717, 1.165) is 12.5 Å². The summed E-state index contributed by atoms with van der Waals surface area (Å²) in [7, 11) is 0. The number of unbranched alkanes of at least 4 members (excludes halogenated alkanes) is 1. The Balaban J connectivity index is 1.58. The fourth-order valence-corrected chi connectivity index (χ4v) is 3.31. The third-order valence-corrected chi connectivity index (χ3v) is 4.65. The molecule has 0 aliphatic carbocycles. The van der Waals surface area contributed by atoms with Gasteiger partial charge < -0.3 is 10.2 Å². The predicted molar refractivity (Wildman–Crippen MR) is 91.8 cm³/mol. The molecule has 2 atom stereocenters. The van der Waals surface area contributed by atoms with Crippen molar-refractivity contribution >= 4 is 0 Å². The first-order valence-electron chi connectivity index (χ1n) is 8.80. The molecule has 2 unspecified atom stereocenters. The summed E-state index contributed by atoms with van der Waals surface area (Å²) < 4.78 is 0. The predicted octanol–water partition coefficient (Wildman–Crippen LogP) is 4.03. The van der Waals surface area contributed by atoms with Gasteiger partial charge in [-0.2, -0.15) is 0 Å². The van der Waals surface area contributed by atoms with Gasteiger partial charge in [0, 0.05) is 12.6 Å². The van der Waals surface area contributed by atoms with Crippen LogP contribution in [0.4, 0.5) is 0 Å². The summed E-state index contributed by atoms with van der Waals surface area (Å²) >= 11 is 0. The quantitative estimate of drug-likeness (QED) is 0.690. The Morgan fingerprint density at radius 1 is 1.24 bits per heavy atom. The molecular formula is C19H32N2. The van der Waals surface area contributed by atoms with E-state index in [0.29, 0.717) is 6.04 Å². The highest BCUT2D eigenvalue weighted by Crippen LogP contribution is 2.26. The fourth-order valence-electron chi connectivity index (χ4n) is 3.31. The zero-order valence-corrected chi connectivity index (χ0v) is 13.9. The maximum absolute atomic E-state index is 3.58. The van der Waals surface area contributed by atoms with Gasteiger partial charge >= 0.3 is 0 Å². The zero-order chi connectivity index (χ0) is 14.9. The number of likely N-dealkylation sites (tertiary alicyclic amines) is 1. The highest BCUT2D eigenvalue weighted by atomic mass is 15.1. The topological polar surface area (TPSA) is 15.3 Å². The molecule has 118 valence electrons. The van der Waals surface area contributed by atoms with Crippen LogP contribution in [0, 0.1) is 0 Å². The molecule has 1 aliphatic heterocycles. The van der Waals surface area contributed by atoms with E-state index >= 15 is 0 Å². The molecule has 2 rings (SSSR count). The standard InChI is InChI=1S/C19H32N2/c1-3-13-20-17(2)9-7-8-14-21-15-12-19(16-21)18-10-5-4-6-11-18/h4-6,10-11,17,19-20H,3,7-9,12-16H2,1-2H3. The summed E-state index contributed by atoms with van der Waals surface area (Å²) in [6.07, 6.45) is 6.58. The Morgan fingerprint density at radius 2 is 2.05 bits per heavy atom. The molecule has 0 bridgehead atoms. The van der Waals surface area contributed by atoms with Gasteiger partial charge in [-0.25, -0.2) is 0 Å². The molecule has 1 N–H and O–H groups in total. The number of nitrogens with one attached hydrogen (secondary N) is 1. The Hall–Kier alpha value is -0.860. The molecular weight excluding hydrogens is 256 g/mol. The molecule has 1 aliphatic rings. The van der Waals surface area contributed by atoms with Gasteiger partial charge in [-0.05, 0) is 63.7 Å². The van der Waals surface area contributed by atoms with Crippen LogP contribution in [0.2, 0.25) is 0 Å². The van der Waals surface area contributed by atoms with Crippen LogP contribution < -0.4 is 5.32 Å². The second-order valence-corrected chi connectivity index (χ2v) is 6.55. The van der Waals surface area contributed by atoms with Crippen LogP contribution in [0.25, 0.3) is 0 Å². The van der Waals surface area contributed by atoms with Crippen molar-refractivity contribution < 1.29 is 0 Å². The molecule has 0 amide bonds. The van der Waals surface area contributed by atoms with Gasteiger partial charge in [0.25, 0.3) is 0 Å². The zero-order valence-electron chi connectivity index (χ0n) is 13.9. The Bertz CT molecular complexity index is 376. The summed E-state index contributed by atoms with van der Waals surface area (Å²) in [5, 5.41) is 3.58. The monoisotopic (exact) mass is 288 g/mol. The van der Waals surface area contributed by atoms with E-state index in [-0.39, 0.29) is 0 Å². The minimum Gasteiger partial charge on any atom is -0.314 e. The Labute approximate surface area is 130 Å². The van der Waals surface area contributed by atoms with E-state index in [1.807, 2.05) is 0 Å². The van der Waals surface area contributed by atoms with Crippen LogP contribution in [-0.2, 0) is 0 Å². The molecule has 1 fully saturated rings. The van der Waals surface area contributed by atoms with Crippen molar-refractivity contribution in [2.75, 3.05) is 26.2 Å². The largest absolute Gasteiger partial charge is 0.314 e. The third kappa shape index (κ3) is 5.80. The van der Waals surface area contributed by atoms with Gasteiger partial charge in [0.05, 0.1) is 0 Å².